The molecular weight excluding hydrogens is 290 g/mol. The zero-order valence-electron chi connectivity index (χ0n) is 14.3. The number of aromatic nitrogens is 1. The van der Waals surface area contributed by atoms with Gasteiger partial charge >= 0.3 is 5.97 Å². The molecule has 0 saturated heterocycles. The van der Waals surface area contributed by atoms with E-state index in [1.54, 1.807) is 18.4 Å². The van der Waals surface area contributed by atoms with Gasteiger partial charge in [0.05, 0.1) is 18.2 Å². The molecule has 0 aliphatic carbocycles. The van der Waals surface area contributed by atoms with Crippen LogP contribution in [0.2, 0.25) is 0 Å². The first-order valence-corrected chi connectivity index (χ1v) is 7.81. The molecule has 1 atom stereocenters. The lowest BCUT2D eigenvalue weighted by molar-refractivity contribution is -0.144. The Balaban J connectivity index is 2.39. The topological polar surface area (TPSA) is 48.3 Å². The normalized spacial score (nSPS) is 12.0. The second kappa shape index (κ2) is 6.82. The Morgan fingerprint density at radius 2 is 1.78 bits per heavy atom. The van der Waals surface area contributed by atoms with E-state index in [-0.39, 0.29) is 11.8 Å². The number of ether oxygens (including phenoxy) is 1. The molecule has 1 aromatic heterocycles. The second-order valence-corrected chi connectivity index (χ2v) is 5.83. The Morgan fingerprint density at radius 3 is 2.35 bits per heavy atom. The minimum absolute atomic E-state index is 0.0349. The molecule has 0 saturated carbocycles. The molecular formula is C19H23NO3. The van der Waals surface area contributed by atoms with Crippen LogP contribution < -0.4 is 0 Å². The third kappa shape index (κ3) is 3.36. The van der Waals surface area contributed by atoms with Gasteiger partial charge in [-0.05, 0) is 39.3 Å². The maximum absolute atomic E-state index is 12.8. The first-order valence-electron chi connectivity index (χ1n) is 7.81. The van der Waals surface area contributed by atoms with E-state index in [0.717, 1.165) is 16.8 Å². The van der Waals surface area contributed by atoms with Crippen LogP contribution in [-0.2, 0) is 16.6 Å². The molecule has 0 aliphatic heterocycles. The van der Waals surface area contributed by atoms with Gasteiger partial charge in [-0.15, -0.1) is 0 Å². The van der Waals surface area contributed by atoms with Gasteiger partial charge in [-0.2, -0.15) is 0 Å². The quantitative estimate of drug-likeness (QED) is 0.626. The predicted octanol–water partition coefficient (Wildman–Crippen LogP) is 3.54. The summed E-state index contributed by atoms with van der Waals surface area (Å²) in [5.41, 5.74) is 4.03. The minimum Gasteiger partial charge on any atom is -0.465 e. The van der Waals surface area contributed by atoms with E-state index in [4.69, 9.17) is 4.74 Å². The molecule has 0 amide bonds. The van der Waals surface area contributed by atoms with Gasteiger partial charge in [0.25, 0.3) is 0 Å². The highest BCUT2D eigenvalue weighted by atomic mass is 16.5. The maximum atomic E-state index is 12.8. The van der Waals surface area contributed by atoms with Crippen LogP contribution in [0.5, 0.6) is 0 Å². The van der Waals surface area contributed by atoms with Crippen LogP contribution in [0.3, 0.4) is 0 Å². The van der Waals surface area contributed by atoms with Crippen molar-refractivity contribution in [2.75, 3.05) is 6.61 Å². The summed E-state index contributed by atoms with van der Waals surface area (Å²) >= 11 is 0. The summed E-state index contributed by atoms with van der Waals surface area (Å²) in [6, 6.07) is 9.40. The summed E-state index contributed by atoms with van der Waals surface area (Å²) in [7, 11) is 1.82. The van der Waals surface area contributed by atoms with Gasteiger partial charge in [0.2, 0.25) is 5.78 Å². The predicted molar refractivity (Wildman–Crippen MR) is 89.8 cm³/mol. The molecule has 1 heterocycles. The maximum Gasteiger partial charge on any atom is 0.314 e. The summed E-state index contributed by atoms with van der Waals surface area (Å²) in [6.45, 7) is 7.81. The number of nitrogens with zero attached hydrogens (tertiary/aromatic N) is 1. The Bertz CT molecular complexity index is 726. The van der Waals surface area contributed by atoms with Gasteiger partial charge < -0.3 is 9.30 Å². The van der Waals surface area contributed by atoms with Gasteiger partial charge in [0, 0.05) is 18.3 Å². The summed E-state index contributed by atoms with van der Waals surface area (Å²) in [6.07, 6.45) is 0. The SMILES string of the molecule is CCOC(=O)C(C)c1cc(C)c(C(=O)c2ccc(C)cc2)n1C. The lowest BCUT2D eigenvalue weighted by Gasteiger charge is -2.13. The van der Waals surface area contributed by atoms with Crippen molar-refractivity contribution in [1.82, 2.24) is 4.57 Å². The summed E-state index contributed by atoms with van der Waals surface area (Å²) < 4.78 is 6.89. The molecule has 0 spiro atoms. The highest BCUT2D eigenvalue weighted by Crippen LogP contribution is 2.25. The number of hydrogen-bond acceptors (Lipinski definition) is 3. The van der Waals surface area contributed by atoms with Gasteiger partial charge in [-0.1, -0.05) is 29.8 Å². The summed E-state index contributed by atoms with van der Waals surface area (Å²) in [4.78, 5) is 24.8. The van der Waals surface area contributed by atoms with E-state index in [2.05, 4.69) is 0 Å². The summed E-state index contributed by atoms with van der Waals surface area (Å²) in [5, 5.41) is 0. The largest absolute Gasteiger partial charge is 0.465 e. The van der Waals surface area contributed by atoms with Gasteiger partial charge in [0.1, 0.15) is 0 Å². The fraction of sp³-hybridized carbons (Fsp3) is 0.368. The number of aryl methyl sites for hydroxylation is 2. The molecule has 23 heavy (non-hydrogen) atoms. The van der Waals surface area contributed by atoms with E-state index in [1.165, 1.54) is 0 Å². The van der Waals surface area contributed by atoms with Crippen molar-refractivity contribution in [3.8, 4) is 0 Å². The van der Waals surface area contributed by atoms with Crippen molar-refractivity contribution in [2.45, 2.75) is 33.6 Å². The van der Waals surface area contributed by atoms with Crippen LogP contribution in [0.4, 0.5) is 0 Å². The van der Waals surface area contributed by atoms with Gasteiger partial charge in [-0.3, -0.25) is 9.59 Å². The second-order valence-electron chi connectivity index (χ2n) is 5.83. The van der Waals surface area contributed by atoms with E-state index < -0.39 is 5.92 Å². The monoisotopic (exact) mass is 313 g/mol. The zero-order chi connectivity index (χ0) is 17.1. The molecule has 0 N–H and O–H groups in total. The van der Waals surface area contributed by atoms with E-state index in [9.17, 15) is 9.59 Å². The van der Waals surface area contributed by atoms with Crippen molar-refractivity contribution in [3.05, 3.63) is 58.4 Å². The van der Waals surface area contributed by atoms with Gasteiger partial charge in [0.15, 0.2) is 0 Å². The Kier molecular flexibility index (Phi) is 5.04. The average molecular weight is 313 g/mol. The van der Waals surface area contributed by atoms with E-state index >= 15 is 0 Å². The lowest BCUT2D eigenvalue weighted by Crippen LogP contribution is -2.17. The Hall–Kier alpha value is -2.36. The fourth-order valence-corrected chi connectivity index (χ4v) is 2.76. The fourth-order valence-electron chi connectivity index (χ4n) is 2.76. The van der Waals surface area contributed by atoms with Crippen molar-refractivity contribution in [2.24, 2.45) is 7.05 Å². The molecule has 0 radical (unpaired) electrons. The molecule has 4 nitrogen and oxygen atoms in total. The average Bonchev–Trinajstić information content (AvgIpc) is 2.81. The van der Waals surface area contributed by atoms with Crippen LogP contribution in [0.25, 0.3) is 0 Å². The smallest absolute Gasteiger partial charge is 0.314 e. The third-order valence-corrected chi connectivity index (χ3v) is 4.07. The molecule has 2 rings (SSSR count). The minimum atomic E-state index is -0.404. The van der Waals surface area contributed by atoms with E-state index in [1.807, 2.05) is 51.2 Å². The van der Waals surface area contributed by atoms with Crippen LogP contribution in [-0.4, -0.2) is 22.9 Å². The number of rotatable bonds is 5. The number of ketones is 1. The first-order chi connectivity index (χ1) is 10.9. The highest BCUT2D eigenvalue weighted by Gasteiger charge is 2.25. The number of esters is 1. The van der Waals surface area contributed by atoms with Crippen LogP contribution in [0, 0.1) is 13.8 Å². The molecule has 0 bridgehead atoms. The molecule has 2 aromatic rings. The van der Waals surface area contributed by atoms with Crippen molar-refractivity contribution < 1.29 is 14.3 Å². The van der Waals surface area contributed by atoms with Crippen LogP contribution >= 0.6 is 0 Å². The number of benzene rings is 1. The van der Waals surface area contributed by atoms with Gasteiger partial charge in [-0.25, -0.2) is 0 Å². The van der Waals surface area contributed by atoms with Crippen LogP contribution in [0.15, 0.2) is 30.3 Å². The highest BCUT2D eigenvalue weighted by molar-refractivity contribution is 6.09. The molecule has 122 valence electrons. The van der Waals surface area contributed by atoms with Crippen LogP contribution in [0.1, 0.15) is 52.6 Å². The standard InChI is InChI=1S/C19H23NO3/c1-6-23-19(22)14(4)16-11-13(3)17(20(16)5)18(21)15-9-7-12(2)8-10-15/h7-11,14H,6H2,1-5H3. The van der Waals surface area contributed by atoms with E-state index in [0.29, 0.717) is 17.9 Å². The van der Waals surface area contributed by atoms with Crippen molar-refractivity contribution in [3.63, 3.8) is 0 Å². The lowest BCUT2D eigenvalue weighted by atomic mass is 10.0. The molecule has 0 fully saturated rings. The number of hydrogen-bond donors (Lipinski definition) is 0. The molecule has 0 aliphatic rings. The Morgan fingerprint density at radius 1 is 1.17 bits per heavy atom. The van der Waals surface area contributed by atoms with Crippen molar-refractivity contribution >= 4 is 11.8 Å². The zero-order valence-corrected chi connectivity index (χ0v) is 14.3. The molecule has 1 aromatic carbocycles. The number of carbonyl (C=O) groups excluding carboxylic acids is 2. The molecule has 1 unspecified atom stereocenters. The number of carbonyl (C=O) groups is 2. The Labute approximate surface area is 137 Å². The third-order valence-electron chi connectivity index (χ3n) is 4.07. The molecule has 4 heteroatoms. The summed E-state index contributed by atoms with van der Waals surface area (Å²) in [5.74, 6) is -0.715. The van der Waals surface area contributed by atoms with Crippen molar-refractivity contribution in [1.29, 1.82) is 0 Å². The first kappa shape index (κ1) is 17.0.